The summed E-state index contributed by atoms with van der Waals surface area (Å²) >= 11 is 0. The van der Waals surface area contributed by atoms with Crippen molar-refractivity contribution < 1.29 is 9.94 Å². The Hall–Kier alpha value is -1.59. The molecule has 0 amide bonds. The van der Waals surface area contributed by atoms with Gasteiger partial charge in [0.2, 0.25) is 0 Å². The van der Waals surface area contributed by atoms with Crippen molar-refractivity contribution >= 4 is 5.84 Å². The number of amidine groups is 1. The van der Waals surface area contributed by atoms with E-state index in [1.807, 2.05) is 26.0 Å². The summed E-state index contributed by atoms with van der Waals surface area (Å²) in [5, 5.41) is 15.2. The fraction of sp³-hybridized carbons (Fsp3) is 0.533. The zero-order valence-electron chi connectivity index (χ0n) is 12.5. The van der Waals surface area contributed by atoms with Gasteiger partial charge in [-0.2, -0.15) is 0 Å². The third-order valence-electron chi connectivity index (χ3n) is 3.46. The Morgan fingerprint density at radius 1 is 1.35 bits per heavy atom. The number of nitrogens with zero attached hydrogens (tertiary/aromatic N) is 1. The largest absolute Gasteiger partial charge is 0.409 e. The first-order valence-electron chi connectivity index (χ1n) is 6.75. The van der Waals surface area contributed by atoms with E-state index < -0.39 is 0 Å². The number of nitrogens with one attached hydrogen (secondary N) is 1. The number of benzene rings is 1. The Balaban J connectivity index is 2.45. The highest BCUT2D eigenvalue weighted by atomic mass is 16.5. The summed E-state index contributed by atoms with van der Waals surface area (Å²) in [6.07, 6.45) is 0.801. The van der Waals surface area contributed by atoms with Crippen molar-refractivity contribution in [3.63, 3.8) is 0 Å². The van der Waals surface area contributed by atoms with E-state index in [4.69, 9.17) is 15.7 Å². The number of hydrogen-bond acceptors (Lipinski definition) is 4. The van der Waals surface area contributed by atoms with Crippen molar-refractivity contribution in [3.05, 3.63) is 35.4 Å². The van der Waals surface area contributed by atoms with Crippen LogP contribution in [0.3, 0.4) is 0 Å². The van der Waals surface area contributed by atoms with Crippen LogP contribution >= 0.6 is 0 Å². The van der Waals surface area contributed by atoms with Crippen LogP contribution in [0.4, 0.5) is 0 Å². The van der Waals surface area contributed by atoms with Gasteiger partial charge < -0.3 is 21.0 Å². The minimum absolute atomic E-state index is 0.263. The normalized spacial score (nSPS) is 12.7. The molecule has 0 fully saturated rings. The predicted octanol–water partition coefficient (Wildman–Crippen LogP) is 2.09. The molecule has 1 rings (SSSR count). The smallest absolute Gasteiger partial charge is 0.144 e. The summed E-state index contributed by atoms with van der Waals surface area (Å²) in [5.41, 5.74) is 7.78. The lowest BCUT2D eigenvalue weighted by molar-refractivity contribution is 0.184. The highest BCUT2D eigenvalue weighted by molar-refractivity contribution is 5.85. The highest BCUT2D eigenvalue weighted by Crippen LogP contribution is 2.19. The van der Waals surface area contributed by atoms with Gasteiger partial charge in [0.15, 0.2) is 0 Å². The summed E-state index contributed by atoms with van der Waals surface area (Å²) in [4.78, 5) is 0. The first kappa shape index (κ1) is 16.5. The number of oxime groups is 1. The first-order valence-corrected chi connectivity index (χ1v) is 6.75. The van der Waals surface area contributed by atoms with E-state index in [1.165, 1.54) is 11.1 Å². The van der Waals surface area contributed by atoms with Crippen molar-refractivity contribution in [3.8, 4) is 0 Å². The van der Waals surface area contributed by atoms with Gasteiger partial charge in [-0.3, -0.25) is 0 Å². The molecule has 0 aliphatic heterocycles. The molecule has 0 heterocycles. The van der Waals surface area contributed by atoms with E-state index >= 15 is 0 Å². The zero-order chi connectivity index (χ0) is 15.0. The molecule has 0 aliphatic rings. The molecule has 20 heavy (non-hydrogen) atoms. The quantitative estimate of drug-likeness (QED) is 0.224. The van der Waals surface area contributed by atoms with E-state index in [0.717, 1.165) is 19.5 Å². The van der Waals surface area contributed by atoms with Crippen molar-refractivity contribution in [2.75, 3.05) is 13.7 Å². The number of ether oxygens (including phenoxy) is 1. The first-order chi connectivity index (χ1) is 9.51. The van der Waals surface area contributed by atoms with Crippen LogP contribution in [0.15, 0.2) is 29.4 Å². The Morgan fingerprint density at radius 3 is 2.60 bits per heavy atom. The monoisotopic (exact) mass is 279 g/mol. The minimum Gasteiger partial charge on any atom is -0.409 e. The molecule has 4 N–H and O–H groups in total. The van der Waals surface area contributed by atoms with Gasteiger partial charge in [0, 0.05) is 19.1 Å². The van der Waals surface area contributed by atoms with Crippen molar-refractivity contribution in [1.82, 2.24) is 5.32 Å². The lowest BCUT2D eigenvalue weighted by Gasteiger charge is -2.23. The van der Waals surface area contributed by atoms with Gasteiger partial charge in [0.25, 0.3) is 0 Å². The summed E-state index contributed by atoms with van der Waals surface area (Å²) in [5.74, 6) is 0.263. The Morgan fingerprint density at radius 2 is 2.00 bits per heavy atom. The lowest BCUT2D eigenvalue weighted by atomic mass is 9.88. The van der Waals surface area contributed by atoms with Crippen LogP contribution in [0.2, 0.25) is 0 Å². The summed E-state index contributed by atoms with van der Waals surface area (Å²) < 4.78 is 5.19. The molecule has 0 bridgehead atoms. The van der Waals surface area contributed by atoms with E-state index in [0.29, 0.717) is 6.61 Å². The minimum atomic E-state index is -0.312. The van der Waals surface area contributed by atoms with Gasteiger partial charge in [-0.1, -0.05) is 43.3 Å². The van der Waals surface area contributed by atoms with Crippen LogP contribution in [0.25, 0.3) is 0 Å². The maximum absolute atomic E-state index is 8.73. The van der Waals surface area contributed by atoms with E-state index in [-0.39, 0.29) is 11.3 Å². The number of hydrogen-bond donors (Lipinski definition) is 3. The number of rotatable bonds is 8. The van der Waals surface area contributed by atoms with Crippen molar-refractivity contribution in [2.24, 2.45) is 16.3 Å². The van der Waals surface area contributed by atoms with Gasteiger partial charge >= 0.3 is 0 Å². The van der Waals surface area contributed by atoms with Gasteiger partial charge in [-0.15, -0.1) is 0 Å². The summed E-state index contributed by atoms with van der Waals surface area (Å²) in [6, 6.07) is 8.20. The van der Waals surface area contributed by atoms with Crippen LogP contribution < -0.4 is 11.1 Å². The van der Waals surface area contributed by atoms with Crippen LogP contribution in [0, 0.1) is 5.41 Å². The molecular weight excluding hydrogens is 254 g/mol. The molecule has 0 aromatic heterocycles. The molecule has 0 spiro atoms. The average molecular weight is 279 g/mol. The van der Waals surface area contributed by atoms with Gasteiger partial charge in [-0.25, -0.2) is 0 Å². The number of nitrogens with two attached hydrogens (primary N) is 1. The second-order valence-corrected chi connectivity index (χ2v) is 5.50. The predicted molar refractivity (Wildman–Crippen MR) is 80.7 cm³/mol. The Kier molecular flexibility index (Phi) is 6.48. The Bertz CT molecular complexity index is 444. The third kappa shape index (κ3) is 4.83. The molecule has 0 saturated heterocycles. The van der Waals surface area contributed by atoms with E-state index in [2.05, 4.69) is 22.6 Å². The Labute approximate surface area is 120 Å². The molecule has 0 radical (unpaired) electrons. The van der Waals surface area contributed by atoms with Crippen molar-refractivity contribution in [2.45, 2.75) is 33.4 Å². The van der Waals surface area contributed by atoms with E-state index in [9.17, 15) is 0 Å². The summed E-state index contributed by atoms with van der Waals surface area (Å²) in [6.45, 7) is 6.12. The van der Waals surface area contributed by atoms with Crippen LogP contribution in [-0.2, 0) is 17.9 Å². The fourth-order valence-corrected chi connectivity index (χ4v) is 1.91. The third-order valence-corrected chi connectivity index (χ3v) is 3.46. The zero-order valence-corrected chi connectivity index (χ0v) is 12.5. The van der Waals surface area contributed by atoms with Crippen LogP contribution in [0.1, 0.15) is 31.4 Å². The van der Waals surface area contributed by atoms with Gasteiger partial charge in [-0.05, 0) is 24.1 Å². The molecule has 0 aliphatic carbocycles. The van der Waals surface area contributed by atoms with Crippen LogP contribution in [0.5, 0.6) is 0 Å². The molecule has 112 valence electrons. The molecule has 0 unspecified atom stereocenters. The molecule has 1 aromatic carbocycles. The topological polar surface area (TPSA) is 79.9 Å². The van der Waals surface area contributed by atoms with Gasteiger partial charge in [0.1, 0.15) is 5.84 Å². The fourth-order valence-electron chi connectivity index (χ4n) is 1.91. The molecule has 5 nitrogen and oxygen atoms in total. The highest BCUT2D eigenvalue weighted by Gasteiger charge is 2.22. The van der Waals surface area contributed by atoms with Crippen LogP contribution in [-0.4, -0.2) is 24.7 Å². The summed E-state index contributed by atoms with van der Waals surface area (Å²) in [7, 11) is 1.70. The molecular formula is C15H25N3O2. The second-order valence-electron chi connectivity index (χ2n) is 5.50. The van der Waals surface area contributed by atoms with Gasteiger partial charge in [0.05, 0.1) is 6.61 Å². The standard InChI is InChI=1S/C15H25N3O2/c1-15(2,14(16)18-19)8-9-17-10-12-6-4-5-7-13(12)11-20-3/h4-7,17,19H,8-11H2,1-3H3,(H2,16,18). The molecule has 5 heteroatoms. The number of methoxy groups -OCH3 is 1. The molecule has 0 saturated carbocycles. The molecule has 1 aromatic rings. The van der Waals surface area contributed by atoms with E-state index in [1.54, 1.807) is 7.11 Å². The SMILES string of the molecule is COCc1ccccc1CNCCC(C)(C)C(N)=NO. The maximum atomic E-state index is 8.73. The average Bonchev–Trinajstić information content (AvgIpc) is 2.44. The van der Waals surface area contributed by atoms with Crippen molar-refractivity contribution in [1.29, 1.82) is 0 Å². The second kappa shape index (κ2) is 7.87. The maximum Gasteiger partial charge on any atom is 0.144 e. The lowest BCUT2D eigenvalue weighted by Crippen LogP contribution is -2.34. The molecule has 0 atom stereocenters.